The maximum atomic E-state index is 13.9. The molecule has 9 nitrogen and oxygen atoms in total. The number of amidine groups is 1. The van der Waals surface area contributed by atoms with Crippen molar-refractivity contribution in [2.75, 3.05) is 13.6 Å². The number of hydrogen-bond donors (Lipinski definition) is 0. The molecule has 0 fully saturated rings. The van der Waals surface area contributed by atoms with E-state index in [0.29, 0.717) is 0 Å². The van der Waals surface area contributed by atoms with Crippen molar-refractivity contribution in [1.82, 2.24) is 9.38 Å². The van der Waals surface area contributed by atoms with Gasteiger partial charge in [-0.15, -0.1) is 0 Å². The van der Waals surface area contributed by atoms with Crippen LogP contribution in [0.1, 0.15) is 37.6 Å². The molecule has 0 spiro atoms. The fourth-order valence-corrected chi connectivity index (χ4v) is 3.53. The molecule has 14 heteroatoms. The quantitative estimate of drug-likeness (QED) is 0.131. The first-order valence-corrected chi connectivity index (χ1v) is 11.2. The maximum Gasteiger partial charge on any atom is 0.410 e. The number of ether oxygens (including phenoxy) is 2. The largest absolute Gasteiger partial charge is 0.497 e. The van der Waals surface area contributed by atoms with Crippen molar-refractivity contribution in [3.8, 4) is 5.75 Å². The minimum absolute atomic E-state index is 0.0201. The Bertz CT molecular complexity index is 1360. The molecule has 1 heterocycles. The molecule has 1 unspecified atom stereocenters. The molecule has 1 aliphatic heterocycles. The topological polar surface area (TPSA) is 108 Å². The van der Waals surface area contributed by atoms with Crippen LogP contribution in [-0.4, -0.2) is 48.1 Å². The van der Waals surface area contributed by atoms with Crippen LogP contribution in [-0.2, 0) is 4.74 Å². The van der Waals surface area contributed by atoms with E-state index in [9.17, 15) is 41.4 Å². The highest BCUT2D eigenvalue weighted by Crippen LogP contribution is 2.32. The number of esters is 1. The van der Waals surface area contributed by atoms with Gasteiger partial charge in [-0.1, -0.05) is 0 Å². The van der Waals surface area contributed by atoms with Gasteiger partial charge < -0.3 is 24.3 Å². The Labute approximate surface area is 218 Å². The fourth-order valence-electron chi connectivity index (χ4n) is 3.53. The third kappa shape index (κ3) is 5.74. The Hall–Kier alpha value is -4.33. The smallest absolute Gasteiger partial charge is 0.410 e. The second-order valence-corrected chi connectivity index (χ2v) is 9.31. The Morgan fingerprint density at radius 3 is 2.00 bits per heavy atom. The maximum absolute atomic E-state index is 13.9. The van der Waals surface area contributed by atoms with Gasteiger partial charge in [0, 0.05) is 25.7 Å². The molecule has 2 amide bonds. The first-order chi connectivity index (χ1) is 18.1. The predicted octanol–water partition coefficient (Wildman–Crippen LogP) is 4.39. The summed E-state index contributed by atoms with van der Waals surface area (Å²) in [5.41, 5.74) is -2.51. The number of quaternary nitrogens is 1. The molecular weight excluding hydrogens is 533 g/mol. The molecule has 0 bridgehead atoms. The van der Waals surface area contributed by atoms with Crippen LogP contribution in [0, 0.1) is 29.1 Å². The van der Waals surface area contributed by atoms with Gasteiger partial charge in [0.1, 0.15) is 28.8 Å². The first-order valence-electron chi connectivity index (χ1n) is 11.2. The average Bonchev–Trinajstić information content (AvgIpc) is 3.29. The molecule has 1 aliphatic rings. The summed E-state index contributed by atoms with van der Waals surface area (Å²) >= 11 is 0. The normalized spacial score (nSPS) is 16.6. The molecule has 208 valence electrons. The van der Waals surface area contributed by atoms with Crippen molar-refractivity contribution in [3.05, 3.63) is 71.3 Å². The standard InChI is InChI=1S/C25H22F5N3O6/c1-25(2,3)39-23(35)32(4)11-9-15-31-10-12-33(15,24(36)37)13-5-7-14(8-6-13)38-22(34)16-17(26)19(28)21(30)20(29)18(16)27/h5-8,10,12H,9,11H2,1-4H3. The van der Waals surface area contributed by atoms with E-state index >= 15 is 0 Å². The first kappa shape index (κ1) is 29.2. The zero-order chi connectivity index (χ0) is 29.3. The van der Waals surface area contributed by atoms with Gasteiger partial charge >= 0.3 is 12.1 Å². The Morgan fingerprint density at radius 1 is 0.949 bits per heavy atom. The highest BCUT2D eigenvalue weighted by molar-refractivity contribution is 6.10. The molecule has 0 aromatic heterocycles. The third-order valence-electron chi connectivity index (χ3n) is 5.45. The highest BCUT2D eigenvalue weighted by atomic mass is 19.2. The summed E-state index contributed by atoms with van der Waals surface area (Å²) < 4.78 is 76.9. The van der Waals surface area contributed by atoms with Crippen molar-refractivity contribution in [2.24, 2.45) is 4.99 Å². The van der Waals surface area contributed by atoms with Crippen LogP contribution in [0.4, 0.5) is 37.2 Å². The van der Waals surface area contributed by atoms with Crippen LogP contribution in [0.5, 0.6) is 5.75 Å². The number of rotatable bonds is 6. The SMILES string of the molecule is CN(CCC1=NC=C[N+]1(C(=O)[O-])c1ccc(OC(=O)c2c(F)c(F)c(F)c(F)c2F)cc1)C(=O)OC(C)(C)C. The second kappa shape index (κ2) is 10.8. The Kier molecular flexibility index (Phi) is 8.10. The summed E-state index contributed by atoms with van der Waals surface area (Å²) in [5, 5.41) is 12.3. The second-order valence-electron chi connectivity index (χ2n) is 9.31. The summed E-state index contributed by atoms with van der Waals surface area (Å²) in [6, 6.07) is 4.41. The van der Waals surface area contributed by atoms with Gasteiger partial charge in [-0.2, -0.15) is 4.48 Å². The van der Waals surface area contributed by atoms with E-state index in [0.717, 1.165) is 12.1 Å². The van der Waals surface area contributed by atoms with E-state index in [-0.39, 0.29) is 24.5 Å². The molecule has 0 aliphatic carbocycles. The minimum atomic E-state index is -2.43. The van der Waals surface area contributed by atoms with E-state index in [1.807, 2.05) is 0 Å². The Balaban J connectivity index is 1.81. The molecule has 1 atom stereocenters. The lowest BCUT2D eigenvalue weighted by atomic mass is 10.1. The number of carbonyl (C=O) groups is 3. The van der Waals surface area contributed by atoms with E-state index < -0.39 is 68.6 Å². The zero-order valence-electron chi connectivity index (χ0n) is 21.1. The fraction of sp³-hybridized carbons (Fsp3) is 0.280. The number of halogens is 5. The molecule has 0 saturated carbocycles. The number of carboxylic acid groups (broad SMARTS) is 1. The van der Waals surface area contributed by atoms with Crippen LogP contribution >= 0.6 is 0 Å². The zero-order valence-corrected chi connectivity index (χ0v) is 21.1. The van der Waals surface area contributed by atoms with Crippen molar-refractivity contribution >= 4 is 29.7 Å². The third-order valence-corrected chi connectivity index (χ3v) is 5.45. The van der Waals surface area contributed by atoms with Gasteiger partial charge in [-0.05, 0) is 32.9 Å². The molecule has 2 aromatic rings. The van der Waals surface area contributed by atoms with Crippen LogP contribution in [0.3, 0.4) is 0 Å². The van der Waals surface area contributed by atoms with E-state index in [4.69, 9.17) is 9.47 Å². The molecule has 0 N–H and O–H groups in total. The van der Waals surface area contributed by atoms with Crippen molar-refractivity contribution in [2.45, 2.75) is 32.8 Å². The lowest BCUT2D eigenvalue weighted by Gasteiger charge is -2.32. The van der Waals surface area contributed by atoms with Gasteiger partial charge in [0.15, 0.2) is 23.3 Å². The summed E-state index contributed by atoms with van der Waals surface area (Å²) in [5.74, 6) is -14.0. The molecular formula is C25H22F5N3O6. The number of aliphatic imine (C=N–C) groups is 1. The van der Waals surface area contributed by atoms with Crippen molar-refractivity contribution in [3.63, 3.8) is 0 Å². The van der Waals surface area contributed by atoms with E-state index in [2.05, 4.69) is 4.99 Å². The number of carbonyl (C=O) groups excluding carboxylic acids is 3. The highest BCUT2D eigenvalue weighted by Gasteiger charge is 2.41. The lowest BCUT2D eigenvalue weighted by molar-refractivity contribution is -0.257. The van der Waals surface area contributed by atoms with Gasteiger partial charge in [-0.3, -0.25) is 0 Å². The van der Waals surface area contributed by atoms with Crippen molar-refractivity contribution in [1.29, 1.82) is 0 Å². The summed E-state index contributed by atoms with van der Waals surface area (Å²) in [6.07, 6.45) is 0.131. The van der Waals surface area contributed by atoms with Gasteiger partial charge in [-0.25, -0.2) is 36.5 Å². The van der Waals surface area contributed by atoms with Gasteiger partial charge in [0.25, 0.3) is 6.09 Å². The minimum Gasteiger partial charge on any atom is -0.497 e. The van der Waals surface area contributed by atoms with Gasteiger partial charge in [0.2, 0.25) is 11.7 Å². The molecule has 2 aromatic carbocycles. The number of hydrogen-bond acceptors (Lipinski definition) is 7. The summed E-state index contributed by atoms with van der Waals surface area (Å²) in [6.45, 7) is 5.09. The summed E-state index contributed by atoms with van der Waals surface area (Å²) in [4.78, 5) is 42.0. The summed E-state index contributed by atoms with van der Waals surface area (Å²) in [7, 11) is 1.46. The van der Waals surface area contributed by atoms with Gasteiger partial charge in [0.05, 0.1) is 12.6 Å². The van der Waals surface area contributed by atoms with Crippen LogP contribution in [0.25, 0.3) is 0 Å². The Morgan fingerprint density at radius 2 is 1.49 bits per heavy atom. The van der Waals surface area contributed by atoms with E-state index in [1.165, 1.54) is 36.5 Å². The number of nitrogens with zero attached hydrogens (tertiary/aromatic N) is 3. The molecule has 39 heavy (non-hydrogen) atoms. The van der Waals surface area contributed by atoms with Crippen LogP contribution in [0.15, 0.2) is 41.7 Å². The average molecular weight is 555 g/mol. The van der Waals surface area contributed by atoms with Crippen LogP contribution in [0.2, 0.25) is 0 Å². The molecule has 3 rings (SSSR count). The van der Waals surface area contributed by atoms with Crippen molar-refractivity contribution < 1.29 is 50.9 Å². The number of benzene rings is 2. The predicted molar refractivity (Wildman–Crippen MR) is 125 cm³/mol. The number of amides is 2. The van der Waals surface area contributed by atoms with Crippen LogP contribution < -0.4 is 14.3 Å². The molecule has 0 radical (unpaired) electrons. The van der Waals surface area contributed by atoms with E-state index in [1.54, 1.807) is 20.8 Å². The monoisotopic (exact) mass is 555 g/mol. The molecule has 0 saturated heterocycles. The lowest BCUT2D eigenvalue weighted by Crippen LogP contribution is -2.59.